The van der Waals surface area contributed by atoms with Gasteiger partial charge < -0.3 is 5.11 Å². The smallest absolute Gasteiger partial charge is 0.118 e. The Morgan fingerprint density at radius 2 is 1.55 bits per heavy atom. The molecule has 1 N–H and O–H groups in total. The number of phenolic OH excluding ortho intramolecular Hbond substituents is 1. The van der Waals surface area contributed by atoms with Crippen LogP contribution in [0.1, 0.15) is 77.2 Å². The Kier molecular flexibility index (Phi) is 9.19. The van der Waals surface area contributed by atoms with Gasteiger partial charge in [0, 0.05) is 0 Å². The number of hydrogen-bond donors (Lipinski definition) is 1. The van der Waals surface area contributed by atoms with E-state index in [-0.39, 0.29) is 0 Å². The molecule has 1 heteroatoms. The highest BCUT2D eigenvalue weighted by Gasteiger charge is 2.09. The molecule has 0 aliphatic heterocycles. The van der Waals surface area contributed by atoms with Crippen molar-refractivity contribution < 1.29 is 5.11 Å². The van der Waals surface area contributed by atoms with Crippen molar-refractivity contribution in [1.29, 1.82) is 0 Å². The van der Waals surface area contributed by atoms with Crippen molar-refractivity contribution in [3.63, 3.8) is 0 Å². The van der Waals surface area contributed by atoms with Gasteiger partial charge in [0.25, 0.3) is 0 Å². The normalized spacial score (nSPS) is 12.5. The molecule has 1 unspecified atom stereocenters. The van der Waals surface area contributed by atoms with E-state index >= 15 is 0 Å². The highest BCUT2D eigenvalue weighted by atomic mass is 16.3. The van der Waals surface area contributed by atoms with E-state index in [1.807, 2.05) is 12.1 Å². The second kappa shape index (κ2) is 10.8. The fourth-order valence-corrected chi connectivity index (χ4v) is 2.84. The largest absolute Gasteiger partial charge is 0.508 e. The Morgan fingerprint density at radius 3 is 2.20 bits per heavy atom. The van der Waals surface area contributed by atoms with E-state index in [1.165, 1.54) is 57.8 Å². The van der Waals surface area contributed by atoms with Crippen molar-refractivity contribution in [2.75, 3.05) is 0 Å². The average Bonchev–Trinajstić information content (AvgIpc) is 2.47. The van der Waals surface area contributed by atoms with Gasteiger partial charge in [0.2, 0.25) is 0 Å². The van der Waals surface area contributed by atoms with Crippen LogP contribution in [0.4, 0.5) is 0 Å². The van der Waals surface area contributed by atoms with Crippen LogP contribution < -0.4 is 0 Å². The summed E-state index contributed by atoms with van der Waals surface area (Å²) in [6.07, 6.45) is 13.2. The standard InChI is InChI=1S/C19H32O/c1-3-5-6-7-8-9-10-13-17(4-2)16-18-14-11-12-15-19(18)20/h11-12,14-15,17,20H,3-10,13,16H2,1-2H3. The van der Waals surface area contributed by atoms with E-state index < -0.39 is 0 Å². The lowest BCUT2D eigenvalue weighted by Crippen LogP contribution is -2.03. The monoisotopic (exact) mass is 276 g/mol. The molecule has 0 saturated carbocycles. The summed E-state index contributed by atoms with van der Waals surface area (Å²) in [4.78, 5) is 0. The molecule has 1 aromatic carbocycles. The van der Waals surface area contributed by atoms with Gasteiger partial charge in [-0.05, 0) is 24.0 Å². The van der Waals surface area contributed by atoms with Crippen LogP contribution in [0.2, 0.25) is 0 Å². The van der Waals surface area contributed by atoms with E-state index in [9.17, 15) is 5.11 Å². The van der Waals surface area contributed by atoms with Gasteiger partial charge in [0.05, 0.1) is 0 Å². The third-order valence-corrected chi connectivity index (χ3v) is 4.29. The Balaban J connectivity index is 2.18. The van der Waals surface area contributed by atoms with E-state index in [0.717, 1.165) is 17.9 Å². The van der Waals surface area contributed by atoms with Gasteiger partial charge in [0.15, 0.2) is 0 Å². The van der Waals surface area contributed by atoms with Crippen LogP contribution in [0, 0.1) is 5.92 Å². The first-order valence-corrected chi connectivity index (χ1v) is 8.54. The summed E-state index contributed by atoms with van der Waals surface area (Å²) in [7, 11) is 0. The summed E-state index contributed by atoms with van der Waals surface area (Å²) in [5.41, 5.74) is 1.11. The summed E-state index contributed by atoms with van der Waals surface area (Å²) >= 11 is 0. The van der Waals surface area contributed by atoms with Gasteiger partial charge in [-0.1, -0.05) is 89.8 Å². The van der Waals surface area contributed by atoms with E-state index in [1.54, 1.807) is 6.07 Å². The molecule has 0 amide bonds. The predicted molar refractivity (Wildman–Crippen MR) is 88.2 cm³/mol. The first-order valence-electron chi connectivity index (χ1n) is 8.54. The lowest BCUT2D eigenvalue weighted by atomic mass is 9.91. The third kappa shape index (κ3) is 6.98. The highest BCUT2D eigenvalue weighted by Crippen LogP contribution is 2.24. The molecule has 0 spiro atoms. The van der Waals surface area contributed by atoms with Gasteiger partial charge in [0.1, 0.15) is 5.75 Å². The van der Waals surface area contributed by atoms with Crippen molar-refractivity contribution in [3.8, 4) is 5.75 Å². The van der Waals surface area contributed by atoms with Gasteiger partial charge >= 0.3 is 0 Å². The zero-order valence-corrected chi connectivity index (χ0v) is 13.4. The number of aromatic hydroxyl groups is 1. The average molecular weight is 276 g/mol. The number of unbranched alkanes of at least 4 members (excludes halogenated alkanes) is 6. The van der Waals surface area contributed by atoms with Crippen LogP contribution in [0.25, 0.3) is 0 Å². The topological polar surface area (TPSA) is 20.2 Å². The Morgan fingerprint density at radius 1 is 0.900 bits per heavy atom. The molecular weight excluding hydrogens is 244 g/mol. The van der Waals surface area contributed by atoms with Crippen molar-refractivity contribution in [2.24, 2.45) is 5.92 Å². The molecule has 0 bridgehead atoms. The van der Waals surface area contributed by atoms with Crippen molar-refractivity contribution in [1.82, 2.24) is 0 Å². The SMILES string of the molecule is CCCCCCCCCC(CC)Cc1ccccc1O. The number of para-hydroxylation sites is 1. The van der Waals surface area contributed by atoms with Gasteiger partial charge in [-0.3, -0.25) is 0 Å². The van der Waals surface area contributed by atoms with Crippen LogP contribution in [0.3, 0.4) is 0 Å². The van der Waals surface area contributed by atoms with E-state index in [0.29, 0.717) is 5.75 Å². The summed E-state index contributed by atoms with van der Waals surface area (Å²) in [5, 5.41) is 9.85. The molecule has 1 aromatic rings. The molecular formula is C19H32O. The second-order valence-electron chi connectivity index (χ2n) is 6.02. The molecule has 0 saturated heterocycles. The zero-order chi connectivity index (χ0) is 14.6. The molecule has 0 heterocycles. The van der Waals surface area contributed by atoms with Crippen molar-refractivity contribution in [3.05, 3.63) is 29.8 Å². The van der Waals surface area contributed by atoms with Gasteiger partial charge in [-0.2, -0.15) is 0 Å². The molecule has 1 rings (SSSR count). The number of hydrogen-bond acceptors (Lipinski definition) is 1. The lowest BCUT2D eigenvalue weighted by molar-refractivity contribution is 0.419. The van der Waals surface area contributed by atoms with E-state index in [2.05, 4.69) is 19.9 Å². The minimum atomic E-state index is 0.463. The fraction of sp³-hybridized carbons (Fsp3) is 0.684. The predicted octanol–water partition coefficient (Wildman–Crippen LogP) is 6.10. The summed E-state index contributed by atoms with van der Waals surface area (Å²) < 4.78 is 0. The van der Waals surface area contributed by atoms with Crippen LogP contribution in [0.5, 0.6) is 5.75 Å². The molecule has 1 atom stereocenters. The summed E-state index contributed by atoms with van der Waals surface area (Å²) in [6.45, 7) is 4.54. The highest BCUT2D eigenvalue weighted by molar-refractivity contribution is 5.31. The maximum atomic E-state index is 9.85. The van der Waals surface area contributed by atoms with Gasteiger partial charge in [-0.25, -0.2) is 0 Å². The number of phenols is 1. The lowest BCUT2D eigenvalue weighted by Gasteiger charge is -2.15. The number of rotatable bonds is 11. The van der Waals surface area contributed by atoms with Crippen molar-refractivity contribution >= 4 is 0 Å². The summed E-state index contributed by atoms with van der Waals surface area (Å²) in [5.74, 6) is 1.18. The molecule has 0 radical (unpaired) electrons. The minimum Gasteiger partial charge on any atom is -0.508 e. The third-order valence-electron chi connectivity index (χ3n) is 4.29. The Bertz CT molecular complexity index is 345. The van der Waals surface area contributed by atoms with E-state index in [4.69, 9.17) is 0 Å². The molecule has 0 aromatic heterocycles. The van der Waals surface area contributed by atoms with Crippen LogP contribution in [0.15, 0.2) is 24.3 Å². The Hall–Kier alpha value is -0.980. The first kappa shape index (κ1) is 17.1. The fourth-order valence-electron chi connectivity index (χ4n) is 2.84. The maximum absolute atomic E-state index is 9.85. The van der Waals surface area contributed by atoms with Crippen LogP contribution in [-0.4, -0.2) is 5.11 Å². The minimum absolute atomic E-state index is 0.463. The van der Waals surface area contributed by atoms with Crippen LogP contribution in [-0.2, 0) is 6.42 Å². The molecule has 0 fully saturated rings. The second-order valence-corrected chi connectivity index (χ2v) is 6.02. The maximum Gasteiger partial charge on any atom is 0.118 e. The summed E-state index contributed by atoms with van der Waals surface area (Å²) in [6, 6.07) is 7.78. The van der Waals surface area contributed by atoms with Gasteiger partial charge in [-0.15, -0.1) is 0 Å². The quantitative estimate of drug-likeness (QED) is 0.484. The Labute approximate surface area is 125 Å². The molecule has 1 nitrogen and oxygen atoms in total. The molecule has 20 heavy (non-hydrogen) atoms. The van der Waals surface area contributed by atoms with Crippen molar-refractivity contribution in [2.45, 2.75) is 78.1 Å². The number of benzene rings is 1. The molecule has 0 aliphatic rings. The molecule has 0 aliphatic carbocycles. The molecule has 114 valence electrons. The van der Waals surface area contributed by atoms with Crippen LogP contribution >= 0.6 is 0 Å². The first-order chi connectivity index (χ1) is 9.77. The zero-order valence-electron chi connectivity index (χ0n) is 13.4.